The minimum Gasteiger partial charge on any atom is -0.389 e. The summed E-state index contributed by atoms with van der Waals surface area (Å²) in [6, 6.07) is 10.2. The number of para-hydroxylation sites is 1. The van der Waals surface area contributed by atoms with Crippen LogP contribution in [0.2, 0.25) is 0 Å². The Kier molecular flexibility index (Phi) is 3.49. The van der Waals surface area contributed by atoms with Crippen LogP contribution in [0.1, 0.15) is 31.2 Å². The molecule has 0 bridgehead atoms. The number of aromatic nitrogens is 1. The molecule has 2 aromatic rings. The van der Waals surface area contributed by atoms with E-state index in [1.807, 2.05) is 30.5 Å². The molecule has 0 atom stereocenters. The molecule has 1 aromatic carbocycles. The van der Waals surface area contributed by atoms with Gasteiger partial charge in [0.25, 0.3) is 0 Å². The summed E-state index contributed by atoms with van der Waals surface area (Å²) in [4.78, 5) is 4.36. The fourth-order valence-corrected chi connectivity index (χ4v) is 2.95. The smallest absolute Gasteiger partial charge is 0.0771 e. The molecule has 1 fully saturated rings. The molecule has 3 rings (SSSR count). The Balaban J connectivity index is 1.68. The number of nitrogens with zero attached hydrogens (tertiary/aromatic N) is 1. The van der Waals surface area contributed by atoms with Gasteiger partial charge >= 0.3 is 0 Å². The molecule has 1 aliphatic rings. The normalized spacial score (nSPS) is 17.9. The number of benzene rings is 1. The largest absolute Gasteiger partial charge is 0.389 e. The van der Waals surface area contributed by atoms with Gasteiger partial charge in [-0.25, -0.2) is 0 Å². The molecular formula is C16H20N2O. The summed E-state index contributed by atoms with van der Waals surface area (Å²) in [6.07, 6.45) is 6.00. The van der Waals surface area contributed by atoms with Crippen LogP contribution in [0.15, 0.2) is 36.5 Å². The van der Waals surface area contributed by atoms with Crippen LogP contribution in [0.25, 0.3) is 10.9 Å². The first-order valence-electron chi connectivity index (χ1n) is 7.03. The van der Waals surface area contributed by atoms with Crippen LogP contribution in [0.3, 0.4) is 0 Å². The standard InChI is InChI=1S/C16H20N2O/c19-16(8-3-4-9-16)12-17-11-13-7-10-18-15-6-2-1-5-14(13)15/h1-2,5-7,10,17,19H,3-4,8-9,11-12H2. The lowest BCUT2D eigenvalue weighted by atomic mass is 10.0. The van der Waals surface area contributed by atoms with Gasteiger partial charge in [0, 0.05) is 24.7 Å². The summed E-state index contributed by atoms with van der Waals surface area (Å²) in [6.45, 7) is 1.47. The number of rotatable bonds is 4. The highest BCUT2D eigenvalue weighted by Gasteiger charge is 2.30. The Morgan fingerprint density at radius 3 is 2.79 bits per heavy atom. The van der Waals surface area contributed by atoms with E-state index in [1.54, 1.807) is 0 Å². The zero-order chi connectivity index (χ0) is 13.1. The summed E-state index contributed by atoms with van der Waals surface area (Å²) >= 11 is 0. The summed E-state index contributed by atoms with van der Waals surface area (Å²) in [5.41, 5.74) is 1.79. The molecule has 0 saturated heterocycles. The van der Waals surface area contributed by atoms with Crippen LogP contribution < -0.4 is 5.32 Å². The van der Waals surface area contributed by atoms with Crippen molar-refractivity contribution in [1.29, 1.82) is 0 Å². The van der Waals surface area contributed by atoms with E-state index in [2.05, 4.69) is 16.4 Å². The van der Waals surface area contributed by atoms with Crippen LogP contribution in [-0.4, -0.2) is 22.2 Å². The Hall–Kier alpha value is -1.45. The number of nitrogens with one attached hydrogen (secondary N) is 1. The maximum atomic E-state index is 10.3. The summed E-state index contributed by atoms with van der Waals surface area (Å²) in [5.74, 6) is 0. The Morgan fingerprint density at radius 1 is 1.16 bits per heavy atom. The van der Waals surface area contributed by atoms with Crippen molar-refractivity contribution in [2.45, 2.75) is 37.8 Å². The highest BCUT2D eigenvalue weighted by molar-refractivity contribution is 5.81. The molecule has 0 aliphatic heterocycles. The van der Waals surface area contributed by atoms with Crippen molar-refractivity contribution in [3.05, 3.63) is 42.1 Å². The van der Waals surface area contributed by atoms with Gasteiger partial charge in [-0.15, -0.1) is 0 Å². The van der Waals surface area contributed by atoms with Gasteiger partial charge in [-0.2, -0.15) is 0 Å². The average molecular weight is 256 g/mol. The maximum Gasteiger partial charge on any atom is 0.0771 e. The lowest BCUT2D eigenvalue weighted by Crippen LogP contribution is -2.37. The second-order valence-electron chi connectivity index (χ2n) is 5.52. The molecule has 0 amide bonds. The second kappa shape index (κ2) is 5.27. The molecule has 1 aromatic heterocycles. The lowest BCUT2D eigenvalue weighted by Gasteiger charge is -2.22. The Morgan fingerprint density at radius 2 is 1.95 bits per heavy atom. The van der Waals surface area contributed by atoms with Crippen molar-refractivity contribution < 1.29 is 5.11 Å². The number of hydrogen-bond donors (Lipinski definition) is 2. The van der Waals surface area contributed by atoms with Gasteiger partial charge in [0.05, 0.1) is 11.1 Å². The van der Waals surface area contributed by atoms with Gasteiger partial charge in [-0.05, 0) is 30.5 Å². The minimum atomic E-state index is -0.483. The maximum absolute atomic E-state index is 10.3. The summed E-state index contributed by atoms with van der Waals surface area (Å²) in [5, 5.41) is 14.9. The second-order valence-corrected chi connectivity index (χ2v) is 5.52. The molecule has 0 radical (unpaired) electrons. The van der Waals surface area contributed by atoms with Gasteiger partial charge in [0.2, 0.25) is 0 Å². The van der Waals surface area contributed by atoms with Crippen molar-refractivity contribution >= 4 is 10.9 Å². The van der Waals surface area contributed by atoms with Crippen molar-refractivity contribution in [2.24, 2.45) is 0 Å². The monoisotopic (exact) mass is 256 g/mol. The predicted octanol–water partition coefficient (Wildman–Crippen LogP) is 2.63. The van der Waals surface area contributed by atoms with Gasteiger partial charge in [0.15, 0.2) is 0 Å². The van der Waals surface area contributed by atoms with E-state index in [0.717, 1.165) is 37.7 Å². The van der Waals surface area contributed by atoms with Gasteiger partial charge in [-0.1, -0.05) is 31.0 Å². The predicted molar refractivity (Wildman–Crippen MR) is 76.9 cm³/mol. The Bertz CT molecular complexity index is 556. The number of aliphatic hydroxyl groups is 1. The van der Waals surface area contributed by atoms with Crippen molar-refractivity contribution in [1.82, 2.24) is 10.3 Å². The van der Waals surface area contributed by atoms with Crippen molar-refractivity contribution in [3.8, 4) is 0 Å². The molecule has 2 N–H and O–H groups in total. The van der Waals surface area contributed by atoms with Crippen molar-refractivity contribution in [3.63, 3.8) is 0 Å². The molecule has 19 heavy (non-hydrogen) atoms. The molecule has 0 spiro atoms. The fourth-order valence-electron chi connectivity index (χ4n) is 2.95. The van der Waals surface area contributed by atoms with Crippen LogP contribution in [-0.2, 0) is 6.54 Å². The van der Waals surface area contributed by atoms with Crippen molar-refractivity contribution in [2.75, 3.05) is 6.54 Å². The van der Waals surface area contributed by atoms with E-state index in [-0.39, 0.29) is 0 Å². The summed E-state index contributed by atoms with van der Waals surface area (Å²) in [7, 11) is 0. The third kappa shape index (κ3) is 2.77. The van der Waals surface area contributed by atoms with Crippen LogP contribution in [0.4, 0.5) is 0 Å². The third-order valence-corrected chi connectivity index (χ3v) is 4.04. The zero-order valence-electron chi connectivity index (χ0n) is 11.1. The van der Waals surface area contributed by atoms with Gasteiger partial charge in [0.1, 0.15) is 0 Å². The van der Waals surface area contributed by atoms with Crippen LogP contribution in [0.5, 0.6) is 0 Å². The first-order chi connectivity index (χ1) is 9.27. The molecule has 100 valence electrons. The highest BCUT2D eigenvalue weighted by Crippen LogP contribution is 2.28. The van der Waals surface area contributed by atoms with E-state index in [9.17, 15) is 5.11 Å². The first-order valence-corrected chi connectivity index (χ1v) is 7.03. The van der Waals surface area contributed by atoms with Crippen LogP contribution in [0, 0.1) is 0 Å². The average Bonchev–Trinajstić information content (AvgIpc) is 2.86. The molecular weight excluding hydrogens is 236 g/mol. The minimum absolute atomic E-state index is 0.483. The van der Waals surface area contributed by atoms with Gasteiger partial charge < -0.3 is 10.4 Å². The number of hydrogen-bond acceptors (Lipinski definition) is 3. The first kappa shape index (κ1) is 12.6. The molecule has 3 nitrogen and oxygen atoms in total. The highest BCUT2D eigenvalue weighted by atomic mass is 16.3. The quantitative estimate of drug-likeness (QED) is 0.884. The third-order valence-electron chi connectivity index (χ3n) is 4.04. The lowest BCUT2D eigenvalue weighted by molar-refractivity contribution is 0.0475. The fraction of sp³-hybridized carbons (Fsp3) is 0.438. The summed E-state index contributed by atoms with van der Waals surface area (Å²) < 4.78 is 0. The molecule has 1 heterocycles. The van der Waals surface area contributed by atoms with Crippen LogP contribution >= 0.6 is 0 Å². The molecule has 3 heteroatoms. The van der Waals surface area contributed by atoms with E-state index >= 15 is 0 Å². The zero-order valence-corrected chi connectivity index (χ0v) is 11.1. The van der Waals surface area contributed by atoms with E-state index in [0.29, 0.717) is 6.54 Å². The Labute approximate surface area is 113 Å². The van der Waals surface area contributed by atoms with E-state index in [1.165, 1.54) is 10.9 Å². The molecule has 1 aliphatic carbocycles. The van der Waals surface area contributed by atoms with Gasteiger partial charge in [-0.3, -0.25) is 4.98 Å². The van der Waals surface area contributed by atoms with E-state index in [4.69, 9.17) is 0 Å². The molecule has 1 saturated carbocycles. The topological polar surface area (TPSA) is 45.1 Å². The number of pyridine rings is 1. The van der Waals surface area contributed by atoms with E-state index < -0.39 is 5.60 Å². The SMILES string of the molecule is OC1(CNCc2ccnc3ccccc23)CCCC1. The molecule has 0 unspecified atom stereocenters. The number of fused-ring (bicyclic) bond motifs is 1.